The molecule has 1 N–H and O–H groups in total. The van der Waals surface area contributed by atoms with Gasteiger partial charge in [0.05, 0.1) is 6.20 Å². The zero-order chi connectivity index (χ0) is 15.0. The van der Waals surface area contributed by atoms with Gasteiger partial charge in [-0.15, -0.1) is 0 Å². The fourth-order valence-corrected chi connectivity index (χ4v) is 2.82. The highest BCUT2D eigenvalue weighted by Gasteiger charge is 2.23. The van der Waals surface area contributed by atoms with E-state index in [9.17, 15) is 9.59 Å². The zero-order valence-corrected chi connectivity index (χ0v) is 12.0. The Labute approximate surface area is 121 Å². The molecule has 6 nitrogen and oxygen atoms in total. The number of pyridine rings is 1. The van der Waals surface area contributed by atoms with Crippen molar-refractivity contribution in [3.05, 3.63) is 51.3 Å². The van der Waals surface area contributed by atoms with Gasteiger partial charge in [-0.3, -0.25) is 9.59 Å². The Bertz CT molecular complexity index is 745. The molecular formula is C15H17N3O3. The summed E-state index contributed by atoms with van der Waals surface area (Å²) in [7, 11) is 1.79. The third-order valence-electron chi connectivity index (χ3n) is 4.06. The second-order valence-electron chi connectivity index (χ2n) is 5.41. The molecule has 0 radical (unpaired) electrons. The summed E-state index contributed by atoms with van der Waals surface area (Å²) in [5, 5.41) is 6.63. The summed E-state index contributed by atoms with van der Waals surface area (Å²) in [5.74, 6) is 0.359. The van der Waals surface area contributed by atoms with Crippen LogP contribution in [-0.4, -0.2) is 21.7 Å². The normalized spacial score (nSPS) is 17.3. The van der Waals surface area contributed by atoms with Gasteiger partial charge in [0.2, 0.25) is 5.56 Å². The average Bonchev–Trinajstić information content (AvgIpc) is 2.89. The number of hydrogen-bond acceptors (Lipinski definition) is 4. The summed E-state index contributed by atoms with van der Waals surface area (Å²) in [6.45, 7) is 1.72. The summed E-state index contributed by atoms with van der Waals surface area (Å²) in [5.41, 5.74) is 2.67. The van der Waals surface area contributed by atoms with E-state index in [-0.39, 0.29) is 17.5 Å². The van der Waals surface area contributed by atoms with Crippen molar-refractivity contribution in [2.24, 2.45) is 7.05 Å². The lowest BCUT2D eigenvalue weighted by molar-refractivity contribution is 0.0932. The van der Waals surface area contributed by atoms with Crippen molar-refractivity contribution in [1.29, 1.82) is 0 Å². The van der Waals surface area contributed by atoms with E-state index < -0.39 is 0 Å². The predicted molar refractivity (Wildman–Crippen MR) is 76.2 cm³/mol. The molecule has 0 saturated heterocycles. The lowest BCUT2D eigenvalue weighted by atomic mass is 9.91. The Morgan fingerprint density at radius 2 is 2.29 bits per heavy atom. The lowest BCUT2D eigenvalue weighted by Gasteiger charge is -2.26. The van der Waals surface area contributed by atoms with Crippen LogP contribution in [0.15, 0.2) is 27.6 Å². The molecule has 0 bridgehead atoms. The Morgan fingerprint density at radius 3 is 3.00 bits per heavy atom. The molecule has 2 heterocycles. The van der Waals surface area contributed by atoms with Crippen LogP contribution >= 0.6 is 0 Å². The molecule has 3 rings (SSSR count). The summed E-state index contributed by atoms with van der Waals surface area (Å²) < 4.78 is 6.60. The standard InChI is InChI=1S/C15H17N3O3/c1-9-12(8-16-21-9)15(20)17-11-4-5-13-10(7-11)3-6-14(19)18(13)2/h3,6,8,11H,4-5,7H2,1-2H3,(H,17,20)/t11-/m1/s1. The maximum atomic E-state index is 12.2. The van der Waals surface area contributed by atoms with Crippen molar-refractivity contribution >= 4 is 5.91 Å². The molecule has 1 amide bonds. The van der Waals surface area contributed by atoms with E-state index in [1.807, 2.05) is 6.07 Å². The van der Waals surface area contributed by atoms with Crippen molar-refractivity contribution in [2.75, 3.05) is 0 Å². The van der Waals surface area contributed by atoms with Crippen molar-refractivity contribution in [2.45, 2.75) is 32.2 Å². The van der Waals surface area contributed by atoms with E-state index in [1.165, 1.54) is 6.20 Å². The maximum absolute atomic E-state index is 12.2. The number of hydrogen-bond donors (Lipinski definition) is 1. The van der Waals surface area contributed by atoms with Crippen LogP contribution < -0.4 is 10.9 Å². The van der Waals surface area contributed by atoms with Crippen LogP contribution in [0, 0.1) is 6.92 Å². The van der Waals surface area contributed by atoms with E-state index in [0.717, 1.165) is 30.5 Å². The minimum Gasteiger partial charge on any atom is -0.361 e. The van der Waals surface area contributed by atoms with E-state index in [2.05, 4.69) is 10.5 Å². The number of fused-ring (bicyclic) bond motifs is 1. The predicted octanol–water partition coefficient (Wildman–Crippen LogP) is 0.969. The first kappa shape index (κ1) is 13.6. The summed E-state index contributed by atoms with van der Waals surface area (Å²) >= 11 is 0. The molecule has 1 atom stereocenters. The number of nitrogens with one attached hydrogen (secondary N) is 1. The molecule has 6 heteroatoms. The largest absolute Gasteiger partial charge is 0.361 e. The topological polar surface area (TPSA) is 77.1 Å². The highest BCUT2D eigenvalue weighted by atomic mass is 16.5. The highest BCUT2D eigenvalue weighted by Crippen LogP contribution is 2.20. The third-order valence-corrected chi connectivity index (χ3v) is 4.06. The number of aromatic nitrogens is 2. The van der Waals surface area contributed by atoms with Gasteiger partial charge >= 0.3 is 0 Å². The number of carbonyl (C=O) groups is 1. The fourth-order valence-electron chi connectivity index (χ4n) is 2.82. The van der Waals surface area contributed by atoms with Gasteiger partial charge < -0.3 is 14.4 Å². The molecule has 0 unspecified atom stereocenters. The molecule has 0 spiro atoms. The molecule has 1 aliphatic rings. The number of nitrogens with zero attached hydrogens (tertiary/aromatic N) is 2. The van der Waals surface area contributed by atoms with Gasteiger partial charge in [0.25, 0.3) is 5.91 Å². The SMILES string of the molecule is Cc1oncc1C(=O)N[C@@H]1CCc2c(ccc(=O)n2C)C1. The van der Waals surface area contributed by atoms with Gasteiger partial charge in [-0.25, -0.2) is 0 Å². The summed E-state index contributed by atoms with van der Waals surface area (Å²) in [4.78, 5) is 23.8. The molecular weight excluding hydrogens is 270 g/mol. The van der Waals surface area contributed by atoms with Crippen LogP contribution in [0.5, 0.6) is 0 Å². The van der Waals surface area contributed by atoms with Gasteiger partial charge in [-0.2, -0.15) is 0 Å². The van der Waals surface area contributed by atoms with Gasteiger partial charge in [0.1, 0.15) is 11.3 Å². The molecule has 2 aromatic rings. The van der Waals surface area contributed by atoms with Crippen molar-refractivity contribution in [3.63, 3.8) is 0 Å². The third kappa shape index (κ3) is 2.49. The van der Waals surface area contributed by atoms with Gasteiger partial charge in [-0.1, -0.05) is 11.2 Å². The zero-order valence-electron chi connectivity index (χ0n) is 12.0. The highest BCUT2D eigenvalue weighted by molar-refractivity contribution is 5.94. The maximum Gasteiger partial charge on any atom is 0.256 e. The van der Waals surface area contributed by atoms with Crippen molar-refractivity contribution in [3.8, 4) is 0 Å². The summed E-state index contributed by atoms with van der Waals surface area (Å²) in [6, 6.07) is 3.50. The van der Waals surface area contributed by atoms with E-state index in [4.69, 9.17) is 4.52 Å². The molecule has 1 aliphatic carbocycles. The minimum absolute atomic E-state index is 0.0105. The van der Waals surface area contributed by atoms with Crippen LogP contribution in [0.2, 0.25) is 0 Å². The van der Waals surface area contributed by atoms with E-state index in [0.29, 0.717) is 11.3 Å². The number of rotatable bonds is 2. The molecule has 21 heavy (non-hydrogen) atoms. The Hall–Kier alpha value is -2.37. The molecule has 0 aliphatic heterocycles. The number of amides is 1. The summed E-state index contributed by atoms with van der Waals surface area (Å²) in [6.07, 6.45) is 3.78. The second-order valence-corrected chi connectivity index (χ2v) is 5.41. The van der Waals surface area contributed by atoms with Gasteiger partial charge in [0.15, 0.2) is 0 Å². The Balaban J connectivity index is 1.75. The fraction of sp³-hybridized carbons (Fsp3) is 0.400. The molecule has 0 saturated carbocycles. The van der Waals surface area contributed by atoms with Gasteiger partial charge in [0, 0.05) is 24.8 Å². The lowest BCUT2D eigenvalue weighted by Crippen LogP contribution is -2.40. The van der Waals surface area contributed by atoms with Crippen LogP contribution in [0.1, 0.15) is 33.8 Å². The molecule has 0 aromatic carbocycles. The second kappa shape index (κ2) is 5.20. The van der Waals surface area contributed by atoms with E-state index in [1.54, 1.807) is 24.6 Å². The molecule has 0 fully saturated rings. The number of aryl methyl sites for hydroxylation is 1. The van der Waals surface area contributed by atoms with Crippen LogP contribution in [0.25, 0.3) is 0 Å². The molecule has 110 valence electrons. The van der Waals surface area contributed by atoms with Crippen LogP contribution in [0.4, 0.5) is 0 Å². The average molecular weight is 287 g/mol. The Kier molecular flexibility index (Phi) is 3.37. The quantitative estimate of drug-likeness (QED) is 0.893. The van der Waals surface area contributed by atoms with Crippen LogP contribution in [-0.2, 0) is 19.9 Å². The first-order valence-corrected chi connectivity index (χ1v) is 6.96. The smallest absolute Gasteiger partial charge is 0.256 e. The molecule has 2 aromatic heterocycles. The van der Waals surface area contributed by atoms with Crippen molar-refractivity contribution in [1.82, 2.24) is 15.0 Å². The first-order chi connectivity index (χ1) is 10.1. The van der Waals surface area contributed by atoms with Crippen molar-refractivity contribution < 1.29 is 9.32 Å². The number of carbonyl (C=O) groups excluding carboxylic acids is 1. The first-order valence-electron chi connectivity index (χ1n) is 6.96. The minimum atomic E-state index is -0.160. The monoisotopic (exact) mass is 287 g/mol. The van der Waals surface area contributed by atoms with Crippen LogP contribution in [0.3, 0.4) is 0 Å². The van der Waals surface area contributed by atoms with Gasteiger partial charge in [-0.05, 0) is 31.7 Å². The Morgan fingerprint density at radius 1 is 1.48 bits per heavy atom. The van der Waals surface area contributed by atoms with E-state index >= 15 is 0 Å².